The second-order valence-corrected chi connectivity index (χ2v) is 3.65. The number of carboxylic acid groups (broad SMARTS) is 1. The molecule has 1 atom stereocenters. The number of hydrogen-bond donors (Lipinski definition) is 3. The highest BCUT2D eigenvalue weighted by Gasteiger charge is 2.11. The molecule has 1 aromatic carbocycles. The molecule has 15 heavy (non-hydrogen) atoms. The average Bonchev–Trinajstić information content (AvgIpc) is 2.19. The minimum atomic E-state index is -0.805. The second kappa shape index (κ2) is 5.36. The van der Waals surface area contributed by atoms with E-state index in [2.05, 4.69) is 0 Å². The van der Waals surface area contributed by atoms with Gasteiger partial charge in [-0.05, 0) is 36.6 Å². The van der Waals surface area contributed by atoms with Gasteiger partial charge >= 0.3 is 5.97 Å². The van der Waals surface area contributed by atoms with Gasteiger partial charge in [-0.25, -0.2) is 0 Å². The van der Waals surface area contributed by atoms with Crippen molar-refractivity contribution in [1.29, 1.82) is 0 Å². The van der Waals surface area contributed by atoms with Crippen LogP contribution in [0.15, 0.2) is 24.3 Å². The Hall–Kier alpha value is -1.55. The van der Waals surface area contributed by atoms with Crippen LogP contribution in [0.4, 0.5) is 5.69 Å². The third-order valence-electron chi connectivity index (χ3n) is 2.30. The minimum Gasteiger partial charge on any atom is -0.481 e. The van der Waals surface area contributed by atoms with Crippen LogP contribution < -0.4 is 11.5 Å². The summed E-state index contributed by atoms with van der Waals surface area (Å²) in [6.07, 6.45) is 0.796. The summed E-state index contributed by atoms with van der Waals surface area (Å²) in [5.41, 5.74) is 12.8. The van der Waals surface area contributed by atoms with Gasteiger partial charge in [-0.2, -0.15) is 0 Å². The van der Waals surface area contributed by atoms with Crippen LogP contribution in [0.1, 0.15) is 12.0 Å². The first-order valence-electron chi connectivity index (χ1n) is 4.88. The Labute approximate surface area is 88.9 Å². The number of carboxylic acids is 1. The molecule has 0 aromatic heterocycles. The first kappa shape index (κ1) is 11.5. The van der Waals surface area contributed by atoms with E-state index < -0.39 is 5.97 Å². The second-order valence-electron chi connectivity index (χ2n) is 3.65. The standard InChI is InChI=1S/C11H16N2O2/c12-7-9(6-11(14)15)5-8-1-3-10(13)4-2-8/h1-4,9H,5-7,12-13H2,(H,14,15)/t9-/m1/s1. The van der Waals surface area contributed by atoms with Crippen molar-refractivity contribution >= 4 is 11.7 Å². The van der Waals surface area contributed by atoms with E-state index >= 15 is 0 Å². The zero-order chi connectivity index (χ0) is 11.3. The van der Waals surface area contributed by atoms with E-state index in [9.17, 15) is 4.79 Å². The van der Waals surface area contributed by atoms with Crippen LogP contribution in [-0.4, -0.2) is 17.6 Å². The minimum absolute atomic E-state index is 0.00822. The highest BCUT2D eigenvalue weighted by molar-refractivity contribution is 5.67. The molecule has 0 saturated heterocycles. The molecule has 0 unspecified atom stereocenters. The van der Waals surface area contributed by atoms with Gasteiger partial charge in [0.15, 0.2) is 0 Å². The molecule has 0 bridgehead atoms. The lowest BCUT2D eigenvalue weighted by Gasteiger charge is -2.12. The van der Waals surface area contributed by atoms with E-state index in [0.29, 0.717) is 18.7 Å². The van der Waals surface area contributed by atoms with Gasteiger partial charge in [0.05, 0.1) is 0 Å². The van der Waals surface area contributed by atoms with Gasteiger partial charge in [0.25, 0.3) is 0 Å². The van der Waals surface area contributed by atoms with Gasteiger partial charge in [0, 0.05) is 12.1 Å². The molecule has 0 aliphatic heterocycles. The fourth-order valence-corrected chi connectivity index (χ4v) is 1.47. The molecule has 0 radical (unpaired) electrons. The van der Waals surface area contributed by atoms with Crippen molar-refractivity contribution in [3.05, 3.63) is 29.8 Å². The van der Waals surface area contributed by atoms with E-state index in [1.54, 1.807) is 0 Å². The lowest BCUT2D eigenvalue weighted by atomic mass is 9.96. The molecule has 0 aliphatic carbocycles. The summed E-state index contributed by atoms with van der Waals surface area (Å²) in [7, 11) is 0. The molecule has 4 heteroatoms. The smallest absolute Gasteiger partial charge is 0.303 e. The molecule has 0 fully saturated rings. The molecule has 0 spiro atoms. The van der Waals surface area contributed by atoms with E-state index in [4.69, 9.17) is 16.6 Å². The van der Waals surface area contributed by atoms with Crippen molar-refractivity contribution in [2.45, 2.75) is 12.8 Å². The van der Waals surface area contributed by atoms with Gasteiger partial charge in [0.1, 0.15) is 0 Å². The third kappa shape index (κ3) is 3.99. The number of nitrogen functional groups attached to an aromatic ring is 1. The van der Waals surface area contributed by atoms with Crippen molar-refractivity contribution < 1.29 is 9.90 Å². The summed E-state index contributed by atoms with van der Waals surface area (Å²) in [5, 5.41) is 8.66. The van der Waals surface area contributed by atoms with Crippen LogP contribution >= 0.6 is 0 Å². The Morgan fingerprint density at radius 1 is 1.33 bits per heavy atom. The summed E-state index contributed by atoms with van der Waals surface area (Å²) in [5.74, 6) is -0.813. The average molecular weight is 208 g/mol. The van der Waals surface area contributed by atoms with Gasteiger partial charge in [0.2, 0.25) is 0 Å². The van der Waals surface area contributed by atoms with Gasteiger partial charge < -0.3 is 16.6 Å². The number of carbonyl (C=O) groups is 1. The van der Waals surface area contributed by atoms with Crippen molar-refractivity contribution in [3.8, 4) is 0 Å². The topological polar surface area (TPSA) is 89.3 Å². The largest absolute Gasteiger partial charge is 0.481 e. The SMILES string of the molecule is NC[C@@H](CC(=O)O)Cc1ccc(N)cc1. The normalized spacial score (nSPS) is 12.3. The lowest BCUT2D eigenvalue weighted by molar-refractivity contribution is -0.138. The number of aliphatic carboxylic acids is 1. The Bertz CT molecular complexity index is 322. The Balaban J connectivity index is 2.58. The van der Waals surface area contributed by atoms with Crippen LogP contribution in [0.2, 0.25) is 0 Å². The Kier molecular flexibility index (Phi) is 4.12. The first-order chi connectivity index (χ1) is 7.11. The predicted molar refractivity (Wildman–Crippen MR) is 59.4 cm³/mol. The van der Waals surface area contributed by atoms with Crippen LogP contribution in [0, 0.1) is 5.92 Å². The summed E-state index contributed by atoms with van der Waals surface area (Å²) < 4.78 is 0. The molecule has 0 amide bonds. The van der Waals surface area contributed by atoms with Crippen molar-refractivity contribution in [2.24, 2.45) is 11.7 Å². The van der Waals surface area contributed by atoms with Gasteiger partial charge in [-0.3, -0.25) is 4.79 Å². The lowest BCUT2D eigenvalue weighted by Crippen LogP contribution is -2.20. The molecular weight excluding hydrogens is 192 g/mol. The molecule has 0 heterocycles. The maximum Gasteiger partial charge on any atom is 0.303 e. The highest BCUT2D eigenvalue weighted by Crippen LogP contribution is 2.13. The molecule has 1 rings (SSSR count). The molecule has 0 saturated carbocycles. The zero-order valence-corrected chi connectivity index (χ0v) is 8.52. The predicted octanol–water partition coefficient (Wildman–Crippen LogP) is 0.861. The number of nitrogens with two attached hydrogens (primary N) is 2. The molecular formula is C11H16N2O2. The van der Waals surface area contributed by atoms with E-state index in [0.717, 1.165) is 5.56 Å². The van der Waals surface area contributed by atoms with E-state index in [1.165, 1.54) is 0 Å². The highest BCUT2D eigenvalue weighted by atomic mass is 16.4. The van der Waals surface area contributed by atoms with E-state index in [-0.39, 0.29) is 12.3 Å². The molecule has 5 N–H and O–H groups in total. The van der Waals surface area contributed by atoms with Crippen molar-refractivity contribution in [1.82, 2.24) is 0 Å². The van der Waals surface area contributed by atoms with Crippen LogP contribution in [0.3, 0.4) is 0 Å². The van der Waals surface area contributed by atoms with Gasteiger partial charge in [-0.1, -0.05) is 12.1 Å². The third-order valence-corrected chi connectivity index (χ3v) is 2.30. The Morgan fingerprint density at radius 3 is 2.40 bits per heavy atom. The molecule has 4 nitrogen and oxygen atoms in total. The van der Waals surface area contributed by atoms with Crippen molar-refractivity contribution in [3.63, 3.8) is 0 Å². The molecule has 0 aliphatic rings. The first-order valence-corrected chi connectivity index (χ1v) is 4.88. The van der Waals surface area contributed by atoms with Crippen LogP contribution in [0.5, 0.6) is 0 Å². The fourth-order valence-electron chi connectivity index (χ4n) is 1.47. The number of benzene rings is 1. The molecule has 82 valence electrons. The maximum atomic E-state index is 10.5. The van der Waals surface area contributed by atoms with Crippen molar-refractivity contribution in [2.75, 3.05) is 12.3 Å². The molecule has 1 aromatic rings. The van der Waals surface area contributed by atoms with Crippen LogP contribution in [0.25, 0.3) is 0 Å². The monoisotopic (exact) mass is 208 g/mol. The summed E-state index contributed by atoms with van der Waals surface area (Å²) >= 11 is 0. The zero-order valence-electron chi connectivity index (χ0n) is 8.52. The maximum absolute atomic E-state index is 10.5. The summed E-state index contributed by atoms with van der Waals surface area (Å²) in [4.78, 5) is 10.5. The summed E-state index contributed by atoms with van der Waals surface area (Å²) in [6.45, 7) is 0.386. The number of hydrogen-bond acceptors (Lipinski definition) is 3. The fraction of sp³-hybridized carbons (Fsp3) is 0.364. The summed E-state index contributed by atoms with van der Waals surface area (Å²) in [6, 6.07) is 7.42. The quantitative estimate of drug-likeness (QED) is 0.626. The number of rotatable bonds is 5. The number of anilines is 1. The van der Waals surface area contributed by atoms with E-state index in [1.807, 2.05) is 24.3 Å². The van der Waals surface area contributed by atoms with Gasteiger partial charge in [-0.15, -0.1) is 0 Å². The van der Waals surface area contributed by atoms with Crippen LogP contribution in [-0.2, 0) is 11.2 Å². The Morgan fingerprint density at radius 2 is 1.93 bits per heavy atom.